The van der Waals surface area contributed by atoms with Crippen molar-refractivity contribution in [2.75, 3.05) is 7.05 Å². The topological polar surface area (TPSA) is 49.8 Å². The molecule has 1 aliphatic carbocycles. The lowest BCUT2D eigenvalue weighted by Crippen LogP contribution is -2.39. The summed E-state index contributed by atoms with van der Waals surface area (Å²) in [7, 11) is 1.61. The minimum atomic E-state index is -0.834. The van der Waals surface area contributed by atoms with Crippen LogP contribution in [0.2, 0.25) is 0 Å². The second-order valence-electron chi connectivity index (χ2n) is 5.61. The van der Waals surface area contributed by atoms with Crippen molar-refractivity contribution >= 4 is 5.91 Å². The van der Waals surface area contributed by atoms with Gasteiger partial charge in [0.25, 0.3) is 0 Å². The predicted molar refractivity (Wildman–Crippen MR) is 76.7 cm³/mol. The Kier molecular flexibility index (Phi) is 5.15. The molecule has 2 rings (SSSR count). The van der Waals surface area contributed by atoms with Crippen molar-refractivity contribution in [1.29, 1.82) is 0 Å². The average molecular weight is 277 g/mol. The lowest BCUT2D eigenvalue weighted by molar-refractivity contribution is -0.187. The van der Waals surface area contributed by atoms with Gasteiger partial charge >= 0.3 is 0 Å². The van der Waals surface area contributed by atoms with E-state index in [0.29, 0.717) is 19.4 Å². The van der Waals surface area contributed by atoms with Crippen LogP contribution in [-0.4, -0.2) is 28.7 Å². The third-order valence-electron chi connectivity index (χ3n) is 3.88. The first kappa shape index (κ1) is 15.0. The van der Waals surface area contributed by atoms with E-state index in [1.165, 1.54) is 5.06 Å². The van der Waals surface area contributed by atoms with Gasteiger partial charge < -0.3 is 5.11 Å². The molecule has 0 atom stereocenters. The third-order valence-corrected chi connectivity index (χ3v) is 3.88. The summed E-state index contributed by atoms with van der Waals surface area (Å²) in [5.74, 6) is -0.162. The molecular weight excluding hydrogens is 254 g/mol. The second kappa shape index (κ2) is 6.86. The van der Waals surface area contributed by atoms with Gasteiger partial charge in [0.2, 0.25) is 5.91 Å². The molecule has 0 unspecified atom stereocenters. The Hall–Kier alpha value is -1.39. The lowest BCUT2D eigenvalue weighted by atomic mass is 9.82. The zero-order valence-corrected chi connectivity index (χ0v) is 12.0. The number of carbonyl (C=O) groups is 1. The monoisotopic (exact) mass is 277 g/mol. The number of hydrogen-bond acceptors (Lipinski definition) is 3. The highest BCUT2D eigenvalue weighted by Gasteiger charge is 2.32. The van der Waals surface area contributed by atoms with Crippen molar-refractivity contribution in [2.24, 2.45) is 0 Å². The summed E-state index contributed by atoms with van der Waals surface area (Å²) in [5, 5.41) is 11.6. The van der Waals surface area contributed by atoms with Crippen LogP contribution in [0.5, 0.6) is 0 Å². The predicted octanol–water partition coefficient (Wildman–Crippen LogP) is 2.66. The maximum atomic E-state index is 12.1. The highest BCUT2D eigenvalue weighted by atomic mass is 16.7. The molecule has 0 aliphatic heterocycles. The molecule has 0 bridgehead atoms. The zero-order chi connectivity index (χ0) is 14.4. The Morgan fingerprint density at radius 1 is 1.25 bits per heavy atom. The quantitative estimate of drug-likeness (QED) is 0.842. The van der Waals surface area contributed by atoms with Crippen LogP contribution < -0.4 is 0 Å². The SMILES string of the molecule is CN(OCc1ccccc1)C(=O)CC1(O)CCCCC1. The number of rotatable bonds is 5. The minimum Gasteiger partial charge on any atom is -0.389 e. The van der Waals surface area contributed by atoms with Gasteiger partial charge in [0.1, 0.15) is 6.61 Å². The molecule has 4 heteroatoms. The summed E-state index contributed by atoms with van der Waals surface area (Å²) in [6.45, 7) is 0.363. The summed E-state index contributed by atoms with van der Waals surface area (Å²) < 4.78 is 0. The van der Waals surface area contributed by atoms with Crippen molar-refractivity contribution < 1.29 is 14.7 Å². The van der Waals surface area contributed by atoms with Crippen LogP contribution >= 0.6 is 0 Å². The number of benzene rings is 1. The van der Waals surface area contributed by atoms with Gasteiger partial charge in [0.05, 0.1) is 12.0 Å². The fourth-order valence-electron chi connectivity index (χ4n) is 2.60. The average Bonchev–Trinajstić information content (AvgIpc) is 2.46. The number of amides is 1. The molecule has 0 saturated heterocycles. The fraction of sp³-hybridized carbons (Fsp3) is 0.562. The van der Waals surface area contributed by atoms with Crippen molar-refractivity contribution in [3.05, 3.63) is 35.9 Å². The summed E-state index contributed by atoms with van der Waals surface area (Å²) in [6, 6.07) is 9.72. The maximum Gasteiger partial charge on any atom is 0.248 e. The largest absolute Gasteiger partial charge is 0.389 e. The van der Waals surface area contributed by atoms with Crippen LogP contribution in [0.25, 0.3) is 0 Å². The Labute approximate surface area is 120 Å². The summed E-state index contributed by atoms with van der Waals surface area (Å²) in [4.78, 5) is 17.5. The number of hydroxylamine groups is 2. The van der Waals surface area contributed by atoms with Gasteiger partial charge in [-0.05, 0) is 18.4 Å². The van der Waals surface area contributed by atoms with Gasteiger partial charge in [-0.25, -0.2) is 5.06 Å². The van der Waals surface area contributed by atoms with E-state index in [9.17, 15) is 9.90 Å². The van der Waals surface area contributed by atoms with Crippen LogP contribution in [0.3, 0.4) is 0 Å². The molecule has 1 saturated carbocycles. The van der Waals surface area contributed by atoms with E-state index >= 15 is 0 Å². The first-order chi connectivity index (χ1) is 9.59. The molecule has 0 radical (unpaired) electrons. The van der Waals surface area contributed by atoms with Crippen LogP contribution in [0, 0.1) is 0 Å². The Morgan fingerprint density at radius 3 is 2.55 bits per heavy atom. The summed E-state index contributed by atoms with van der Waals surface area (Å²) in [6.07, 6.45) is 4.72. The van der Waals surface area contributed by atoms with E-state index < -0.39 is 5.60 Å². The second-order valence-corrected chi connectivity index (χ2v) is 5.61. The molecular formula is C16H23NO3. The van der Waals surface area contributed by atoms with Gasteiger partial charge in [0.15, 0.2) is 0 Å². The van der Waals surface area contributed by atoms with Gasteiger partial charge in [-0.3, -0.25) is 9.63 Å². The third kappa shape index (κ3) is 4.32. The first-order valence-corrected chi connectivity index (χ1v) is 7.25. The van der Waals surface area contributed by atoms with Crippen molar-refractivity contribution in [3.8, 4) is 0 Å². The maximum absolute atomic E-state index is 12.1. The van der Waals surface area contributed by atoms with Crippen LogP contribution in [0.1, 0.15) is 44.1 Å². The molecule has 20 heavy (non-hydrogen) atoms. The number of hydrogen-bond donors (Lipinski definition) is 1. The minimum absolute atomic E-state index is 0.151. The Bertz CT molecular complexity index is 427. The standard InChI is InChI=1S/C16H23NO3/c1-17(20-13-14-8-4-2-5-9-14)15(18)12-16(19)10-6-3-7-11-16/h2,4-5,8-9,19H,3,6-7,10-13H2,1H3. The molecule has 110 valence electrons. The van der Waals surface area contributed by atoms with Crippen LogP contribution in [0.4, 0.5) is 0 Å². The number of carbonyl (C=O) groups excluding carboxylic acids is 1. The molecule has 1 aromatic carbocycles. The van der Waals surface area contributed by atoms with E-state index in [1.54, 1.807) is 7.05 Å². The number of nitrogens with zero attached hydrogens (tertiary/aromatic N) is 1. The molecule has 1 aliphatic rings. The van der Waals surface area contributed by atoms with Crippen LogP contribution in [-0.2, 0) is 16.2 Å². The lowest BCUT2D eigenvalue weighted by Gasteiger charge is -2.32. The summed E-state index contributed by atoms with van der Waals surface area (Å²) >= 11 is 0. The van der Waals surface area contributed by atoms with Crippen LogP contribution in [0.15, 0.2) is 30.3 Å². The molecule has 1 aromatic rings. The first-order valence-electron chi connectivity index (χ1n) is 7.25. The van der Waals surface area contributed by atoms with Crippen molar-refractivity contribution in [1.82, 2.24) is 5.06 Å². The Morgan fingerprint density at radius 2 is 1.90 bits per heavy atom. The van der Waals surface area contributed by atoms with E-state index in [1.807, 2.05) is 30.3 Å². The van der Waals surface area contributed by atoms with Gasteiger partial charge in [-0.2, -0.15) is 0 Å². The van der Waals surface area contributed by atoms with E-state index in [4.69, 9.17) is 4.84 Å². The van der Waals surface area contributed by atoms with Gasteiger partial charge in [0, 0.05) is 7.05 Å². The Balaban J connectivity index is 1.79. The molecule has 0 aromatic heterocycles. The smallest absolute Gasteiger partial charge is 0.248 e. The van der Waals surface area contributed by atoms with Crippen molar-refractivity contribution in [2.45, 2.75) is 50.7 Å². The number of aliphatic hydroxyl groups is 1. The summed E-state index contributed by atoms with van der Waals surface area (Å²) in [5.41, 5.74) is 0.184. The van der Waals surface area contributed by atoms with Crippen molar-refractivity contribution in [3.63, 3.8) is 0 Å². The van der Waals surface area contributed by atoms with E-state index in [-0.39, 0.29) is 12.3 Å². The molecule has 1 amide bonds. The molecule has 4 nitrogen and oxygen atoms in total. The molecule has 1 N–H and O–H groups in total. The highest BCUT2D eigenvalue weighted by molar-refractivity contribution is 5.75. The molecule has 0 heterocycles. The highest BCUT2D eigenvalue weighted by Crippen LogP contribution is 2.31. The zero-order valence-electron chi connectivity index (χ0n) is 12.0. The fourth-order valence-corrected chi connectivity index (χ4v) is 2.60. The molecule has 1 fully saturated rings. The van der Waals surface area contributed by atoms with Gasteiger partial charge in [-0.1, -0.05) is 49.6 Å². The van der Waals surface area contributed by atoms with E-state index in [2.05, 4.69) is 0 Å². The normalized spacial score (nSPS) is 17.7. The van der Waals surface area contributed by atoms with Gasteiger partial charge in [-0.15, -0.1) is 0 Å². The molecule has 0 spiro atoms. The van der Waals surface area contributed by atoms with E-state index in [0.717, 1.165) is 24.8 Å².